The van der Waals surface area contributed by atoms with Crippen LogP contribution in [0.5, 0.6) is 0 Å². The van der Waals surface area contributed by atoms with Gasteiger partial charge in [-0.1, -0.05) is 55.5 Å². The molecule has 1 aromatic heterocycles. The van der Waals surface area contributed by atoms with E-state index in [0.717, 1.165) is 10.2 Å². The summed E-state index contributed by atoms with van der Waals surface area (Å²) in [6.07, 6.45) is 1.46. The van der Waals surface area contributed by atoms with Gasteiger partial charge in [-0.15, -0.1) is 0 Å². The van der Waals surface area contributed by atoms with Gasteiger partial charge in [-0.3, -0.25) is 0 Å². The molecule has 5 heteroatoms. The Morgan fingerprint density at radius 2 is 1.67 bits per heavy atom. The first-order valence-electron chi connectivity index (χ1n) is 6.53. The fourth-order valence-electron chi connectivity index (χ4n) is 1.45. The Balaban J connectivity index is 0.000000189. The van der Waals surface area contributed by atoms with Crippen LogP contribution < -0.4 is 5.73 Å². The van der Waals surface area contributed by atoms with Gasteiger partial charge in [0.15, 0.2) is 5.13 Å². The number of isocyanates is 1. The zero-order chi connectivity index (χ0) is 15.5. The van der Waals surface area contributed by atoms with Crippen LogP contribution in [0.15, 0.2) is 59.6 Å². The summed E-state index contributed by atoms with van der Waals surface area (Å²) in [5.74, 6) is 0. The van der Waals surface area contributed by atoms with Crippen molar-refractivity contribution in [2.75, 3.05) is 5.73 Å². The van der Waals surface area contributed by atoms with E-state index in [9.17, 15) is 4.79 Å². The SMILES string of the molecule is CC.Nc1nc2ccccc2s1.O=C=Nc1ccccc1. The molecule has 0 aliphatic rings. The molecule has 0 aliphatic carbocycles. The van der Waals surface area contributed by atoms with Crippen molar-refractivity contribution >= 4 is 38.5 Å². The number of rotatable bonds is 1. The Morgan fingerprint density at radius 3 is 2.29 bits per heavy atom. The summed E-state index contributed by atoms with van der Waals surface area (Å²) in [4.78, 5) is 17.2. The Labute approximate surface area is 128 Å². The number of nitrogen functional groups attached to an aromatic ring is 1. The summed E-state index contributed by atoms with van der Waals surface area (Å²) in [5.41, 5.74) is 7.13. The van der Waals surface area contributed by atoms with E-state index in [1.54, 1.807) is 12.1 Å². The zero-order valence-corrected chi connectivity index (χ0v) is 12.8. The number of thiazole rings is 1. The number of aliphatic imine (C=N–C) groups is 1. The number of aromatic nitrogens is 1. The topological polar surface area (TPSA) is 68.3 Å². The van der Waals surface area contributed by atoms with Crippen molar-refractivity contribution in [2.24, 2.45) is 4.99 Å². The van der Waals surface area contributed by atoms with Crippen LogP contribution in [0.2, 0.25) is 0 Å². The number of para-hydroxylation sites is 2. The van der Waals surface area contributed by atoms with Gasteiger partial charge in [-0.05, 0) is 24.3 Å². The van der Waals surface area contributed by atoms with E-state index in [0.29, 0.717) is 10.8 Å². The van der Waals surface area contributed by atoms with E-state index in [1.165, 1.54) is 17.4 Å². The minimum atomic E-state index is 0.640. The van der Waals surface area contributed by atoms with E-state index >= 15 is 0 Å². The highest BCUT2D eigenvalue weighted by atomic mass is 32.1. The molecule has 21 heavy (non-hydrogen) atoms. The highest BCUT2D eigenvalue weighted by molar-refractivity contribution is 7.22. The van der Waals surface area contributed by atoms with Crippen molar-refractivity contribution in [2.45, 2.75) is 13.8 Å². The van der Waals surface area contributed by atoms with E-state index in [1.807, 2.05) is 56.3 Å². The average molecular weight is 299 g/mol. The molecule has 0 amide bonds. The molecule has 0 unspecified atom stereocenters. The number of nitrogens with zero attached hydrogens (tertiary/aromatic N) is 2. The first kappa shape index (κ1) is 16.6. The molecular weight excluding hydrogens is 282 g/mol. The number of benzene rings is 2. The number of fused-ring (bicyclic) bond motifs is 1. The number of anilines is 1. The van der Waals surface area contributed by atoms with Crippen molar-refractivity contribution in [1.82, 2.24) is 4.98 Å². The van der Waals surface area contributed by atoms with Gasteiger partial charge in [-0.25, -0.2) is 9.78 Å². The highest BCUT2D eigenvalue weighted by Crippen LogP contribution is 2.22. The van der Waals surface area contributed by atoms with Crippen LogP contribution in [-0.4, -0.2) is 11.1 Å². The predicted molar refractivity (Wildman–Crippen MR) is 89.6 cm³/mol. The van der Waals surface area contributed by atoms with Crippen LogP contribution in [0, 0.1) is 0 Å². The van der Waals surface area contributed by atoms with E-state index < -0.39 is 0 Å². The molecule has 1 heterocycles. The van der Waals surface area contributed by atoms with Gasteiger partial charge in [-0.2, -0.15) is 4.99 Å². The molecular formula is C16H17N3OS. The summed E-state index contributed by atoms with van der Waals surface area (Å²) in [5, 5.41) is 0.640. The minimum absolute atomic E-state index is 0.640. The number of carbonyl (C=O) groups excluding carboxylic acids is 1. The molecule has 4 nitrogen and oxygen atoms in total. The van der Waals surface area contributed by atoms with Gasteiger partial charge in [0.25, 0.3) is 0 Å². The van der Waals surface area contributed by atoms with Crippen molar-refractivity contribution in [3.05, 3.63) is 54.6 Å². The third-order valence-corrected chi connectivity index (χ3v) is 3.11. The molecule has 108 valence electrons. The second kappa shape index (κ2) is 9.42. The van der Waals surface area contributed by atoms with Gasteiger partial charge in [0, 0.05) is 0 Å². The monoisotopic (exact) mass is 299 g/mol. The molecule has 0 spiro atoms. The normalized spacial score (nSPS) is 8.67. The summed E-state index contributed by atoms with van der Waals surface area (Å²) >= 11 is 1.52. The molecule has 0 atom stereocenters. The second-order valence-corrected chi connectivity index (χ2v) is 4.62. The third kappa shape index (κ3) is 5.57. The molecule has 0 aliphatic heterocycles. The Kier molecular flexibility index (Phi) is 7.43. The lowest BCUT2D eigenvalue weighted by atomic mass is 10.3. The van der Waals surface area contributed by atoms with Gasteiger partial charge in [0.05, 0.1) is 15.9 Å². The van der Waals surface area contributed by atoms with Crippen LogP contribution in [-0.2, 0) is 4.79 Å². The highest BCUT2D eigenvalue weighted by Gasteiger charge is 1.96. The van der Waals surface area contributed by atoms with Gasteiger partial charge >= 0.3 is 0 Å². The zero-order valence-electron chi connectivity index (χ0n) is 12.0. The summed E-state index contributed by atoms with van der Waals surface area (Å²) in [6, 6.07) is 16.9. The average Bonchev–Trinajstić information content (AvgIpc) is 2.91. The van der Waals surface area contributed by atoms with Crippen LogP contribution in [0.25, 0.3) is 10.2 Å². The van der Waals surface area contributed by atoms with Gasteiger partial charge in [0.1, 0.15) is 0 Å². The smallest absolute Gasteiger partial charge is 0.240 e. The predicted octanol–water partition coefficient (Wildman–Crippen LogP) is 4.56. The van der Waals surface area contributed by atoms with Crippen LogP contribution in [0.4, 0.5) is 10.8 Å². The summed E-state index contributed by atoms with van der Waals surface area (Å²) in [7, 11) is 0. The van der Waals surface area contributed by atoms with Crippen LogP contribution >= 0.6 is 11.3 Å². The first-order chi connectivity index (χ1) is 10.3. The van der Waals surface area contributed by atoms with Gasteiger partial charge < -0.3 is 5.73 Å². The lowest BCUT2D eigenvalue weighted by Gasteiger charge is -1.83. The van der Waals surface area contributed by atoms with E-state index in [4.69, 9.17) is 5.73 Å². The maximum Gasteiger partial charge on any atom is 0.240 e. The molecule has 0 saturated heterocycles. The van der Waals surface area contributed by atoms with Crippen molar-refractivity contribution < 1.29 is 4.79 Å². The van der Waals surface area contributed by atoms with Gasteiger partial charge in [0.2, 0.25) is 6.08 Å². The molecule has 0 saturated carbocycles. The van der Waals surface area contributed by atoms with Crippen LogP contribution in [0.3, 0.4) is 0 Å². The standard InChI is InChI=1S/C7H6N2S.C7H5NO.C2H6/c8-7-9-5-3-1-2-4-6(5)10-7;9-6-8-7-4-2-1-3-5-7;1-2/h1-4H,(H2,8,9);1-5H;1-2H3. The number of hydrogen-bond acceptors (Lipinski definition) is 5. The fourth-order valence-corrected chi connectivity index (χ4v) is 2.18. The third-order valence-electron chi connectivity index (χ3n) is 2.24. The molecule has 2 aromatic carbocycles. The Hall–Kier alpha value is -2.49. The number of hydrogen-bond donors (Lipinski definition) is 1. The summed E-state index contributed by atoms with van der Waals surface area (Å²) in [6.45, 7) is 4.00. The molecule has 0 fully saturated rings. The maximum atomic E-state index is 9.68. The van der Waals surface area contributed by atoms with E-state index in [2.05, 4.69) is 9.98 Å². The lowest BCUT2D eigenvalue weighted by Crippen LogP contribution is -1.78. The lowest BCUT2D eigenvalue weighted by molar-refractivity contribution is 0.565. The Morgan fingerprint density at radius 1 is 1.05 bits per heavy atom. The molecule has 3 rings (SSSR count). The number of nitrogens with two attached hydrogens (primary N) is 1. The largest absolute Gasteiger partial charge is 0.375 e. The molecule has 2 N–H and O–H groups in total. The van der Waals surface area contributed by atoms with Crippen LogP contribution in [0.1, 0.15) is 13.8 Å². The quantitative estimate of drug-likeness (QED) is 0.529. The minimum Gasteiger partial charge on any atom is -0.375 e. The summed E-state index contributed by atoms with van der Waals surface area (Å²) < 4.78 is 1.15. The first-order valence-corrected chi connectivity index (χ1v) is 7.35. The Bertz CT molecular complexity index is 671. The van der Waals surface area contributed by atoms with E-state index in [-0.39, 0.29) is 0 Å². The maximum absolute atomic E-state index is 9.68. The van der Waals surface area contributed by atoms with Crippen molar-refractivity contribution in [1.29, 1.82) is 0 Å². The fraction of sp³-hybridized carbons (Fsp3) is 0.125. The second-order valence-electron chi connectivity index (χ2n) is 3.56. The van der Waals surface area contributed by atoms with Crippen molar-refractivity contribution in [3.63, 3.8) is 0 Å². The van der Waals surface area contributed by atoms with Crippen molar-refractivity contribution in [3.8, 4) is 0 Å². The molecule has 0 radical (unpaired) electrons. The molecule has 0 bridgehead atoms. The molecule has 3 aromatic rings.